The van der Waals surface area contributed by atoms with E-state index in [9.17, 15) is 15.0 Å². The number of aliphatic hydroxyl groups excluding tert-OH is 2. The van der Waals surface area contributed by atoms with Crippen molar-refractivity contribution in [1.82, 2.24) is 0 Å². The maximum atomic E-state index is 11.3. The fourth-order valence-corrected chi connectivity index (χ4v) is 1.71. The Morgan fingerprint density at radius 1 is 1.53 bits per heavy atom. The standard InChI is InChI=1S/C12H18O5/c1-3-4-8(14)5-11-9(7-13)10(16-2)6-12(15)17-11/h6,8,13-14H,3-5,7H2,1-2H3. The minimum absolute atomic E-state index is 0.205. The van der Waals surface area contributed by atoms with Crippen LogP contribution in [0.3, 0.4) is 0 Å². The summed E-state index contributed by atoms with van der Waals surface area (Å²) >= 11 is 0. The Morgan fingerprint density at radius 2 is 2.24 bits per heavy atom. The van der Waals surface area contributed by atoms with Crippen LogP contribution in [0.1, 0.15) is 31.1 Å². The smallest absolute Gasteiger partial charge is 0.339 e. The van der Waals surface area contributed by atoms with Gasteiger partial charge in [-0.2, -0.15) is 0 Å². The Morgan fingerprint density at radius 3 is 2.76 bits per heavy atom. The van der Waals surface area contributed by atoms with Gasteiger partial charge >= 0.3 is 5.63 Å². The second kappa shape index (κ2) is 6.42. The highest BCUT2D eigenvalue weighted by atomic mass is 16.5. The van der Waals surface area contributed by atoms with Gasteiger partial charge in [0.15, 0.2) is 0 Å². The molecule has 0 aliphatic heterocycles. The zero-order valence-corrected chi connectivity index (χ0v) is 10.1. The number of aliphatic hydroxyl groups is 2. The molecule has 5 nitrogen and oxygen atoms in total. The monoisotopic (exact) mass is 242 g/mol. The van der Waals surface area contributed by atoms with Crippen molar-refractivity contribution in [2.45, 2.75) is 38.9 Å². The van der Waals surface area contributed by atoms with Gasteiger partial charge in [0.1, 0.15) is 11.5 Å². The summed E-state index contributed by atoms with van der Waals surface area (Å²) in [6.45, 7) is 1.67. The number of methoxy groups -OCH3 is 1. The molecule has 2 N–H and O–H groups in total. The molecule has 0 radical (unpaired) electrons. The van der Waals surface area contributed by atoms with Crippen LogP contribution in [0.25, 0.3) is 0 Å². The molecule has 1 unspecified atom stereocenters. The Bertz CT molecular complexity index is 410. The van der Waals surface area contributed by atoms with Crippen LogP contribution in [-0.4, -0.2) is 23.4 Å². The van der Waals surface area contributed by atoms with Crippen molar-refractivity contribution >= 4 is 0 Å². The largest absolute Gasteiger partial charge is 0.496 e. The molecule has 1 aromatic rings. The molecular weight excluding hydrogens is 224 g/mol. The quantitative estimate of drug-likeness (QED) is 0.772. The molecule has 1 aromatic heterocycles. The molecule has 0 amide bonds. The lowest BCUT2D eigenvalue weighted by Gasteiger charge is -2.13. The summed E-state index contributed by atoms with van der Waals surface area (Å²) in [6, 6.07) is 1.18. The van der Waals surface area contributed by atoms with Gasteiger partial charge in [0.25, 0.3) is 0 Å². The summed E-state index contributed by atoms with van der Waals surface area (Å²) in [5.74, 6) is 0.584. The molecule has 0 saturated carbocycles. The third kappa shape index (κ3) is 3.57. The van der Waals surface area contributed by atoms with Crippen LogP contribution in [-0.2, 0) is 13.0 Å². The first-order chi connectivity index (χ1) is 8.12. The molecule has 1 heterocycles. The molecule has 0 aromatic carbocycles. The van der Waals surface area contributed by atoms with Gasteiger partial charge in [-0.05, 0) is 6.42 Å². The molecule has 0 fully saturated rings. The van der Waals surface area contributed by atoms with Crippen molar-refractivity contribution in [3.05, 3.63) is 27.8 Å². The van der Waals surface area contributed by atoms with E-state index in [4.69, 9.17) is 9.15 Å². The van der Waals surface area contributed by atoms with E-state index in [0.717, 1.165) is 6.42 Å². The van der Waals surface area contributed by atoms with Gasteiger partial charge in [-0.25, -0.2) is 4.79 Å². The predicted octanol–water partition coefficient (Wildman–Crippen LogP) is 0.844. The molecule has 0 aliphatic carbocycles. The summed E-state index contributed by atoms with van der Waals surface area (Å²) in [5, 5.41) is 18.9. The zero-order chi connectivity index (χ0) is 12.8. The number of hydrogen-bond acceptors (Lipinski definition) is 5. The highest BCUT2D eigenvalue weighted by Crippen LogP contribution is 2.21. The summed E-state index contributed by atoms with van der Waals surface area (Å²) in [4.78, 5) is 11.3. The van der Waals surface area contributed by atoms with E-state index in [0.29, 0.717) is 17.7 Å². The Balaban J connectivity index is 3.04. The SMILES string of the molecule is CCCC(O)Cc1oc(=O)cc(OC)c1CO. The molecule has 17 heavy (non-hydrogen) atoms. The average molecular weight is 242 g/mol. The molecule has 0 bridgehead atoms. The molecular formula is C12H18O5. The highest BCUT2D eigenvalue weighted by Gasteiger charge is 2.16. The lowest BCUT2D eigenvalue weighted by molar-refractivity contribution is 0.153. The summed E-state index contributed by atoms with van der Waals surface area (Å²) in [5.41, 5.74) is -0.125. The Kier molecular flexibility index (Phi) is 5.18. The third-order valence-corrected chi connectivity index (χ3v) is 2.53. The van der Waals surface area contributed by atoms with Crippen LogP contribution in [0.15, 0.2) is 15.3 Å². The molecule has 1 rings (SSSR count). The fraction of sp³-hybridized carbons (Fsp3) is 0.583. The first kappa shape index (κ1) is 13.7. The lowest BCUT2D eigenvalue weighted by Crippen LogP contribution is -2.15. The molecule has 1 atom stereocenters. The van der Waals surface area contributed by atoms with E-state index >= 15 is 0 Å². The maximum Gasteiger partial charge on any atom is 0.339 e. The minimum Gasteiger partial charge on any atom is -0.496 e. The van der Waals surface area contributed by atoms with Crippen molar-refractivity contribution in [2.75, 3.05) is 7.11 Å². The second-order valence-electron chi connectivity index (χ2n) is 3.84. The van der Waals surface area contributed by atoms with Crippen LogP contribution in [0.4, 0.5) is 0 Å². The summed E-state index contributed by atoms with van der Waals surface area (Å²) < 4.78 is 10.0. The van der Waals surface area contributed by atoms with Gasteiger partial charge < -0.3 is 19.4 Å². The van der Waals surface area contributed by atoms with Crippen molar-refractivity contribution in [3.63, 3.8) is 0 Å². The number of rotatable bonds is 6. The lowest BCUT2D eigenvalue weighted by atomic mass is 10.1. The van der Waals surface area contributed by atoms with E-state index < -0.39 is 11.7 Å². The molecule has 5 heteroatoms. The van der Waals surface area contributed by atoms with Crippen LogP contribution in [0, 0.1) is 0 Å². The summed E-state index contributed by atoms with van der Waals surface area (Å²) in [7, 11) is 1.42. The minimum atomic E-state index is -0.583. The van der Waals surface area contributed by atoms with Crippen LogP contribution < -0.4 is 10.4 Å². The predicted molar refractivity (Wildman–Crippen MR) is 62.1 cm³/mol. The second-order valence-corrected chi connectivity index (χ2v) is 3.84. The van der Waals surface area contributed by atoms with Gasteiger partial charge in [-0.3, -0.25) is 0 Å². The van der Waals surface area contributed by atoms with Gasteiger partial charge in [0.05, 0.1) is 31.5 Å². The van der Waals surface area contributed by atoms with E-state index in [2.05, 4.69) is 0 Å². The van der Waals surface area contributed by atoms with Gasteiger partial charge in [-0.1, -0.05) is 13.3 Å². The van der Waals surface area contributed by atoms with Crippen molar-refractivity contribution < 1.29 is 19.4 Å². The molecule has 0 aliphatic rings. The van der Waals surface area contributed by atoms with E-state index in [1.54, 1.807) is 0 Å². The highest BCUT2D eigenvalue weighted by molar-refractivity contribution is 5.33. The number of hydrogen-bond donors (Lipinski definition) is 2. The van der Waals surface area contributed by atoms with E-state index in [-0.39, 0.29) is 18.8 Å². The van der Waals surface area contributed by atoms with Crippen LogP contribution >= 0.6 is 0 Å². The molecule has 0 spiro atoms. The van der Waals surface area contributed by atoms with Gasteiger partial charge in [0.2, 0.25) is 0 Å². The number of ether oxygens (including phenoxy) is 1. The van der Waals surface area contributed by atoms with Gasteiger partial charge in [0, 0.05) is 6.42 Å². The topological polar surface area (TPSA) is 79.9 Å². The van der Waals surface area contributed by atoms with Crippen LogP contribution in [0.5, 0.6) is 5.75 Å². The van der Waals surface area contributed by atoms with Crippen LogP contribution in [0.2, 0.25) is 0 Å². The first-order valence-electron chi connectivity index (χ1n) is 5.61. The fourth-order valence-electron chi connectivity index (χ4n) is 1.71. The average Bonchev–Trinajstić information content (AvgIpc) is 2.28. The Hall–Kier alpha value is -1.33. The maximum absolute atomic E-state index is 11.3. The zero-order valence-electron chi connectivity index (χ0n) is 10.1. The van der Waals surface area contributed by atoms with Crippen molar-refractivity contribution in [2.24, 2.45) is 0 Å². The van der Waals surface area contributed by atoms with Gasteiger partial charge in [-0.15, -0.1) is 0 Å². The first-order valence-corrected chi connectivity index (χ1v) is 5.61. The van der Waals surface area contributed by atoms with Crippen molar-refractivity contribution in [1.29, 1.82) is 0 Å². The normalized spacial score (nSPS) is 12.5. The Labute approximate surface area is 99.7 Å². The van der Waals surface area contributed by atoms with Crippen molar-refractivity contribution in [3.8, 4) is 5.75 Å². The van der Waals surface area contributed by atoms with E-state index in [1.165, 1.54) is 13.2 Å². The summed E-state index contributed by atoms with van der Waals surface area (Å²) in [6.07, 6.45) is 1.08. The van der Waals surface area contributed by atoms with E-state index in [1.807, 2.05) is 6.92 Å². The molecule has 0 saturated heterocycles. The molecule has 96 valence electrons. The third-order valence-electron chi connectivity index (χ3n) is 2.53.